The van der Waals surface area contributed by atoms with Gasteiger partial charge in [0.15, 0.2) is 0 Å². The van der Waals surface area contributed by atoms with E-state index in [1.165, 1.54) is 6.07 Å². The first kappa shape index (κ1) is 18.9. The van der Waals surface area contributed by atoms with E-state index in [2.05, 4.69) is 5.32 Å². The number of carbonyl (C=O) groups is 2. The second kappa shape index (κ2) is 8.58. The number of hydrogen-bond acceptors (Lipinski definition) is 2. The van der Waals surface area contributed by atoms with Crippen LogP contribution in [0.15, 0.2) is 42.5 Å². The molecule has 0 bridgehead atoms. The SMILES string of the molecule is CC(=O)N(CC(=O)NCCc1ccc(Cl)cc1)c1c(F)cccc1F. The molecule has 4 nitrogen and oxygen atoms in total. The van der Waals surface area contributed by atoms with Crippen molar-refractivity contribution < 1.29 is 18.4 Å². The van der Waals surface area contributed by atoms with Crippen LogP contribution in [0.4, 0.5) is 14.5 Å². The number of carbonyl (C=O) groups excluding carboxylic acids is 2. The van der Waals surface area contributed by atoms with Crippen molar-refractivity contribution in [3.63, 3.8) is 0 Å². The molecular formula is C18H17ClF2N2O2. The summed E-state index contributed by atoms with van der Waals surface area (Å²) in [6.07, 6.45) is 0.567. The number of nitrogens with one attached hydrogen (secondary N) is 1. The highest BCUT2D eigenvalue weighted by Crippen LogP contribution is 2.23. The number of hydrogen-bond donors (Lipinski definition) is 1. The first-order chi connectivity index (χ1) is 11.9. The van der Waals surface area contributed by atoms with Gasteiger partial charge in [0.1, 0.15) is 23.9 Å². The molecule has 0 aliphatic rings. The summed E-state index contributed by atoms with van der Waals surface area (Å²) in [5.74, 6) is -2.93. The molecule has 0 aromatic heterocycles. The van der Waals surface area contributed by atoms with E-state index in [0.717, 1.165) is 29.5 Å². The monoisotopic (exact) mass is 366 g/mol. The van der Waals surface area contributed by atoms with Gasteiger partial charge in [0.05, 0.1) is 0 Å². The van der Waals surface area contributed by atoms with Crippen molar-refractivity contribution in [3.05, 3.63) is 64.7 Å². The number of halogens is 3. The lowest BCUT2D eigenvalue weighted by atomic mass is 10.1. The molecule has 0 aliphatic heterocycles. The van der Waals surface area contributed by atoms with Gasteiger partial charge in [-0.25, -0.2) is 8.78 Å². The second-order valence-electron chi connectivity index (χ2n) is 5.40. The molecule has 0 aliphatic carbocycles. The molecule has 2 amide bonds. The van der Waals surface area contributed by atoms with Crippen molar-refractivity contribution >= 4 is 29.1 Å². The highest BCUT2D eigenvalue weighted by molar-refractivity contribution is 6.30. The number of anilines is 1. The van der Waals surface area contributed by atoms with Gasteiger partial charge >= 0.3 is 0 Å². The van der Waals surface area contributed by atoms with Crippen molar-refractivity contribution in [2.24, 2.45) is 0 Å². The lowest BCUT2D eigenvalue weighted by Gasteiger charge is -2.21. The molecule has 0 saturated heterocycles. The topological polar surface area (TPSA) is 49.4 Å². The summed E-state index contributed by atoms with van der Waals surface area (Å²) in [5, 5.41) is 3.25. The number of amides is 2. The Morgan fingerprint density at radius 1 is 1.08 bits per heavy atom. The van der Waals surface area contributed by atoms with Gasteiger partial charge in [0.25, 0.3) is 0 Å². The lowest BCUT2D eigenvalue weighted by Crippen LogP contribution is -2.41. The van der Waals surface area contributed by atoms with Crippen LogP contribution in [0.2, 0.25) is 5.02 Å². The van der Waals surface area contributed by atoms with E-state index in [4.69, 9.17) is 11.6 Å². The fourth-order valence-corrected chi connectivity index (χ4v) is 2.42. The number of nitrogens with zero attached hydrogens (tertiary/aromatic N) is 1. The van der Waals surface area contributed by atoms with Crippen LogP contribution in [0.1, 0.15) is 12.5 Å². The standard InChI is InChI=1S/C18H17ClF2N2O2/c1-12(24)23(18-15(20)3-2-4-16(18)21)11-17(25)22-10-9-13-5-7-14(19)8-6-13/h2-8H,9-11H2,1H3,(H,22,25). The Labute approximate surface area is 149 Å². The van der Waals surface area contributed by atoms with E-state index >= 15 is 0 Å². The first-order valence-corrected chi connectivity index (χ1v) is 7.99. The molecule has 25 heavy (non-hydrogen) atoms. The van der Waals surface area contributed by atoms with Crippen LogP contribution in [0.3, 0.4) is 0 Å². The molecule has 132 valence electrons. The Morgan fingerprint density at radius 2 is 1.68 bits per heavy atom. The summed E-state index contributed by atoms with van der Waals surface area (Å²) in [7, 11) is 0. The zero-order valence-electron chi connectivity index (χ0n) is 13.6. The van der Waals surface area contributed by atoms with Crippen LogP contribution in [-0.2, 0) is 16.0 Å². The number of rotatable bonds is 6. The third-order valence-electron chi connectivity index (χ3n) is 3.54. The maximum absolute atomic E-state index is 13.8. The normalized spacial score (nSPS) is 10.4. The van der Waals surface area contributed by atoms with Gasteiger partial charge in [-0.2, -0.15) is 0 Å². The van der Waals surface area contributed by atoms with Crippen LogP contribution >= 0.6 is 11.6 Å². The molecule has 0 unspecified atom stereocenters. The zero-order valence-corrected chi connectivity index (χ0v) is 14.3. The van der Waals surface area contributed by atoms with Crippen LogP contribution < -0.4 is 10.2 Å². The van der Waals surface area contributed by atoms with Crippen molar-refractivity contribution in [3.8, 4) is 0 Å². The van der Waals surface area contributed by atoms with Crippen molar-refractivity contribution in [2.75, 3.05) is 18.0 Å². The van der Waals surface area contributed by atoms with Gasteiger partial charge in [0, 0.05) is 18.5 Å². The molecule has 0 fully saturated rings. The van der Waals surface area contributed by atoms with Gasteiger partial charge in [-0.15, -0.1) is 0 Å². The summed E-state index contributed by atoms with van der Waals surface area (Å²) >= 11 is 5.80. The summed E-state index contributed by atoms with van der Waals surface area (Å²) in [4.78, 5) is 24.5. The molecule has 0 radical (unpaired) electrons. The number of benzene rings is 2. The fraction of sp³-hybridized carbons (Fsp3) is 0.222. The molecule has 0 saturated carbocycles. The van der Waals surface area contributed by atoms with Crippen LogP contribution in [0, 0.1) is 11.6 Å². The average Bonchev–Trinajstić information content (AvgIpc) is 2.55. The number of para-hydroxylation sites is 1. The maximum atomic E-state index is 13.8. The Balaban J connectivity index is 1.96. The smallest absolute Gasteiger partial charge is 0.240 e. The van der Waals surface area contributed by atoms with Crippen molar-refractivity contribution in [2.45, 2.75) is 13.3 Å². The highest BCUT2D eigenvalue weighted by Gasteiger charge is 2.22. The summed E-state index contributed by atoms with van der Waals surface area (Å²) in [5.41, 5.74) is 0.455. The van der Waals surface area contributed by atoms with E-state index in [9.17, 15) is 18.4 Å². The fourth-order valence-electron chi connectivity index (χ4n) is 2.29. The Hall–Kier alpha value is -2.47. The third kappa shape index (κ3) is 5.26. The largest absolute Gasteiger partial charge is 0.354 e. The van der Waals surface area contributed by atoms with Crippen molar-refractivity contribution in [1.29, 1.82) is 0 Å². The maximum Gasteiger partial charge on any atom is 0.240 e. The molecule has 2 rings (SSSR count). The molecular weight excluding hydrogens is 350 g/mol. The van der Waals surface area contributed by atoms with E-state index in [1.54, 1.807) is 12.1 Å². The van der Waals surface area contributed by atoms with Crippen LogP contribution in [-0.4, -0.2) is 24.9 Å². The molecule has 1 N–H and O–H groups in total. The predicted molar refractivity (Wildman–Crippen MR) is 92.6 cm³/mol. The van der Waals surface area contributed by atoms with E-state index < -0.39 is 35.7 Å². The van der Waals surface area contributed by atoms with E-state index in [-0.39, 0.29) is 0 Å². The lowest BCUT2D eigenvalue weighted by molar-refractivity contribution is -0.123. The Bertz CT molecular complexity index is 746. The summed E-state index contributed by atoms with van der Waals surface area (Å²) in [6.45, 7) is 1.01. The second-order valence-corrected chi connectivity index (χ2v) is 5.84. The van der Waals surface area contributed by atoms with Crippen molar-refractivity contribution in [1.82, 2.24) is 5.32 Å². The van der Waals surface area contributed by atoms with Crippen LogP contribution in [0.5, 0.6) is 0 Å². The van der Waals surface area contributed by atoms with E-state index in [1.807, 2.05) is 12.1 Å². The van der Waals surface area contributed by atoms with Gasteiger partial charge in [-0.1, -0.05) is 29.8 Å². The molecule has 7 heteroatoms. The Kier molecular flexibility index (Phi) is 6.47. The predicted octanol–water partition coefficient (Wildman–Crippen LogP) is 3.33. The minimum atomic E-state index is -0.899. The zero-order chi connectivity index (χ0) is 18.4. The van der Waals surface area contributed by atoms with Gasteiger partial charge in [-0.3, -0.25) is 14.5 Å². The summed E-state index contributed by atoms with van der Waals surface area (Å²) in [6, 6.07) is 10.4. The van der Waals surface area contributed by atoms with Gasteiger partial charge in [-0.05, 0) is 36.2 Å². The Morgan fingerprint density at radius 3 is 2.24 bits per heavy atom. The molecule has 2 aromatic rings. The van der Waals surface area contributed by atoms with Gasteiger partial charge < -0.3 is 5.32 Å². The van der Waals surface area contributed by atoms with E-state index in [0.29, 0.717) is 18.0 Å². The minimum absolute atomic E-state index is 0.325. The highest BCUT2D eigenvalue weighted by atomic mass is 35.5. The average molecular weight is 367 g/mol. The first-order valence-electron chi connectivity index (χ1n) is 7.61. The van der Waals surface area contributed by atoms with Gasteiger partial charge in [0.2, 0.25) is 11.8 Å². The van der Waals surface area contributed by atoms with Crippen LogP contribution in [0.25, 0.3) is 0 Å². The summed E-state index contributed by atoms with van der Waals surface area (Å²) < 4.78 is 27.7. The molecule has 0 spiro atoms. The molecule has 0 atom stereocenters. The third-order valence-corrected chi connectivity index (χ3v) is 3.79. The molecule has 2 aromatic carbocycles. The molecule has 0 heterocycles. The quantitative estimate of drug-likeness (QED) is 0.852. The minimum Gasteiger partial charge on any atom is -0.354 e.